The van der Waals surface area contributed by atoms with Gasteiger partial charge in [-0.05, 0) is 42.5 Å². The summed E-state index contributed by atoms with van der Waals surface area (Å²) >= 11 is 0. The summed E-state index contributed by atoms with van der Waals surface area (Å²) in [5.41, 5.74) is 2.06. The monoisotopic (exact) mass is 384 g/mol. The molecule has 1 aliphatic rings. The first-order valence-electron chi connectivity index (χ1n) is 8.91. The molecular weight excluding hydrogens is 366 g/mol. The number of amides is 1. The Kier molecular flexibility index (Phi) is 4.77. The predicted octanol–water partition coefficient (Wildman–Crippen LogP) is 3.29. The van der Waals surface area contributed by atoms with Crippen LogP contribution in [0, 0.1) is 18.6 Å². The van der Waals surface area contributed by atoms with Crippen molar-refractivity contribution < 1.29 is 18.1 Å². The first-order chi connectivity index (χ1) is 13.5. The predicted molar refractivity (Wildman–Crippen MR) is 98.9 cm³/mol. The Morgan fingerprint density at radius 3 is 2.32 bits per heavy atom. The summed E-state index contributed by atoms with van der Waals surface area (Å²) in [4.78, 5) is 20.5. The number of carbonyl (C=O) groups is 1. The number of halogens is 2. The van der Waals surface area contributed by atoms with Gasteiger partial charge in [-0.25, -0.2) is 8.78 Å². The molecule has 8 heteroatoms. The molecule has 2 aromatic carbocycles. The molecule has 1 aromatic heterocycles. The van der Waals surface area contributed by atoms with E-state index in [1.807, 2.05) is 24.3 Å². The zero-order valence-corrected chi connectivity index (χ0v) is 15.2. The van der Waals surface area contributed by atoms with Crippen molar-refractivity contribution in [2.75, 3.05) is 31.1 Å². The maximum atomic E-state index is 13.4. The molecule has 0 atom stereocenters. The minimum Gasteiger partial charge on any atom is -0.368 e. The number of hydrogen-bond donors (Lipinski definition) is 0. The Morgan fingerprint density at radius 2 is 1.71 bits per heavy atom. The van der Waals surface area contributed by atoms with Crippen molar-refractivity contribution in [2.24, 2.45) is 0 Å². The molecule has 4 rings (SSSR count). The van der Waals surface area contributed by atoms with Gasteiger partial charge in [-0.2, -0.15) is 4.98 Å². The van der Waals surface area contributed by atoms with Crippen LogP contribution < -0.4 is 4.90 Å². The number of rotatable bonds is 3. The molecule has 0 saturated carbocycles. The van der Waals surface area contributed by atoms with Crippen LogP contribution >= 0.6 is 0 Å². The van der Waals surface area contributed by atoms with E-state index in [0.29, 0.717) is 37.9 Å². The zero-order valence-electron chi connectivity index (χ0n) is 15.2. The maximum Gasteiger partial charge on any atom is 0.254 e. The van der Waals surface area contributed by atoms with Gasteiger partial charge in [-0.1, -0.05) is 5.16 Å². The molecule has 0 unspecified atom stereocenters. The van der Waals surface area contributed by atoms with E-state index < -0.39 is 11.6 Å². The molecule has 3 aromatic rings. The molecule has 0 bridgehead atoms. The highest BCUT2D eigenvalue weighted by Crippen LogP contribution is 2.22. The normalized spacial score (nSPS) is 14.4. The van der Waals surface area contributed by atoms with Gasteiger partial charge < -0.3 is 14.3 Å². The van der Waals surface area contributed by atoms with Gasteiger partial charge in [-0.15, -0.1) is 0 Å². The number of aromatic nitrogens is 2. The number of piperazine rings is 1. The summed E-state index contributed by atoms with van der Waals surface area (Å²) in [6.45, 7) is 4.05. The van der Waals surface area contributed by atoms with Crippen molar-refractivity contribution in [3.63, 3.8) is 0 Å². The van der Waals surface area contributed by atoms with E-state index in [-0.39, 0.29) is 11.5 Å². The Hall–Kier alpha value is -3.29. The second kappa shape index (κ2) is 7.38. The van der Waals surface area contributed by atoms with Crippen LogP contribution in [0.2, 0.25) is 0 Å². The lowest BCUT2D eigenvalue weighted by molar-refractivity contribution is 0.0746. The summed E-state index contributed by atoms with van der Waals surface area (Å²) in [7, 11) is 0. The van der Waals surface area contributed by atoms with Gasteiger partial charge in [-0.3, -0.25) is 4.79 Å². The molecule has 28 heavy (non-hydrogen) atoms. The van der Waals surface area contributed by atoms with E-state index in [0.717, 1.165) is 23.4 Å². The molecule has 1 saturated heterocycles. The first kappa shape index (κ1) is 18.1. The second-order valence-electron chi connectivity index (χ2n) is 6.59. The molecule has 0 N–H and O–H groups in total. The fourth-order valence-electron chi connectivity index (χ4n) is 3.22. The molecule has 144 valence electrons. The Morgan fingerprint density at radius 1 is 1.00 bits per heavy atom. The van der Waals surface area contributed by atoms with Crippen molar-refractivity contribution in [3.05, 3.63) is 65.6 Å². The molecule has 1 amide bonds. The third-order valence-electron chi connectivity index (χ3n) is 4.75. The number of carbonyl (C=O) groups excluding carboxylic acids is 1. The van der Waals surface area contributed by atoms with Crippen LogP contribution in [-0.4, -0.2) is 47.1 Å². The van der Waals surface area contributed by atoms with E-state index in [9.17, 15) is 13.6 Å². The number of anilines is 1. The smallest absolute Gasteiger partial charge is 0.254 e. The van der Waals surface area contributed by atoms with Crippen LogP contribution in [0.1, 0.15) is 16.2 Å². The average molecular weight is 384 g/mol. The Labute approximate surface area is 160 Å². The molecule has 0 radical (unpaired) electrons. The lowest BCUT2D eigenvalue weighted by Crippen LogP contribution is -2.48. The van der Waals surface area contributed by atoms with Crippen LogP contribution in [-0.2, 0) is 0 Å². The quantitative estimate of drug-likeness (QED) is 0.694. The van der Waals surface area contributed by atoms with Crippen molar-refractivity contribution in [1.82, 2.24) is 15.0 Å². The fraction of sp³-hybridized carbons (Fsp3) is 0.250. The van der Waals surface area contributed by atoms with E-state index >= 15 is 0 Å². The number of benzene rings is 2. The average Bonchev–Trinajstić information content (AvgIpc) is 3.16. The highest BCUT2D eigenvalue weighted by molar-refractivity contribution is 5.94. The standard InChI is InChI=1S/C20H18F2N4O2/c1-13-23-19(24-28-13)14-2-5-16(6-3-14)25-8-10-26(11-9-25)20(27)15-4-7-17(21)18(22)12-15/h2-7,12H,8-11H2,1H3. The van der Waals surface area contributed by atoms with Crippen LogP contribution in [0.5, 0.6) is 0 Å². The van der Waals surface area contributed by atoms with Crippen molar-refractivity contribution in [1.29, 1.82) is 0 Å². The maximum absolute atomic E-state index is 13.4. The van der Waals surface area contributed by atoms with Gasteiger partial charge in [0.2, 0.25) is 11.7 Å². The molecule has 2 heterocycles. The van der Waals surface area contributed by atoms with Gasteiger partial charge >= 0.3 is 0 Å². The third-order valence-corrected chi connectivity index (χ3v) is 4.75. The van der Waals surface area contributed by atoms with Crippen LogP contribution in [0.4, 0.5) is 14.5 Å². The summed E-state index contributed by atoms with van der Waals surface area (Å²) < 4.78 is 31.4. The highest BCUT2D eigenvalue weighted by atomic mass is 19.2. The minimum atomic E-state index is -1.01. The topological polar surface area (TPSA) is 62.5 Å². The van der Waals surface area contributed by atoms with E-state index in [1.165, 1.54) is 6.07 Å². The minimum absolute atomic E-state index is 0.159. The molecule has 1 aliphatic heterocycles. The summed E-state index contributed by atoms with van der Waals surface area (Å²) in [6.07, 6.45) is 0. The van der Waals surface area contributed by atoms with Gasteiger partial charge in [0, 0.05) is 49.9 Å². The zero-order chi connectivity index (χ0) is 19.7. The van der Waals surface area contributed by atoms with Crippen LogP contribution in [0.15, 0.2) is 47.0 Å². The summed E-state index contributed by atoms with van der Waals surface area (Å²) in [5.74, 6) is -1.20. The summed E-state index contributed by atoms with van der Waals surface area (Å²) in [5, 5.41) is 3.90. The van der Waals surface area contributed by atoms with Gasteiger partial charge in [0.1, 0.15) is 0 Å². The molecule has 6 nitrogen and oxygen atoms in total. The lowest BCUT2D eigenvalue weighted by Gasteiger charge is -2.36. The SMILES string of the molecule is Cc1nc(-c2ccc(N3CCN(C(=O)c4ccc(F)c(F)c4)CC3)cc2)no1. The summed E-state index contributed by atoms with van der Waals surface area (Å²) in [6, 6.07) is 11.1. The second-order valence-corrected chi connectivity index (χ2v) is 6.59. The number of nitrogens with zero attached hydrogens (tertiary/aromatic N) is 4. The number of hydrogen-bond acceptors (Lipinski definition) is 5. The van der Waals surface area contributed by atoms with Gasteiger partial charge in [0.15, 0.2) is 11.6 Å². The molecule has 0 spiro atoms. The van der Waals surface area contributed by atoms with Crippen LogP contribution in [0.3, 0.4) is 0 Å². The number of aryl methyl sites for hydroxylation is 1. The van der Waals surface area contributed by atoms with Crippen molar-refractivity contribution in [2.45, 2.75) is 6.92 Å². The fourth-order valence-corrected chi connectivity index (χ4v) is 3.22. The third kappa shape index (κ3) is 3.58. The first-order valence-corrected chi connectivity index (χ1v) is 8.91. The van der Waals surface area contributed by atoms with Crippen LogP contribution in [0.25, 0.3) is 11.4 Å². The Balaban J connectivity index is 1.39. The Bertz CT molecular complexity index is 996. The van der Waals surface area contributed by atoms with Gasteiger partial charge in [0.05, 0.1) is 0 Å². The van der Waals surface area contributed by atoms with E-state index in [4.69, 9.17) is 4.52 Å². The van der Waals surface area contributed by atoms with Gasteiger partial charge in [0.25, 0.3) is 5.91 Å². The lowest BCUT2D eigenvalue weighted by atomic mass is 10.1. The molecule has 0 aliphatic carbocycles. The van der Waals surface area contributed by atoms with Crippen molar-refractivity contribution in [3.8, 4) is 11.4 Å². The van der Waals surface area contributed by atoms with E-state index in [1.54, 1.807) is 11.8 Å². The molecule has 1 fully saturated rings. The molecular formula is C20H18F2N4O2. The van der Waals surface area contributed by atoms with Crippen molar-refractivity contribution >= 4 is 11.6 Å². The largest absolute Gasteiger partial charge is 0.368 e. The highest BCUT2D eigenvalue weighted by Gasteiger charge is 2.23. The van der Waals surface area contributed by atoms with E-state index in [2.05, 4.69) is 15.0 Å².